The van der Waals surface area contributed by atoms with Crippen molar-refractivity contribution in [1.82, 2.24) is 9.97 Å². The van der Waals surface area contributed by atoms with Crippen molar-refractivity contribution in [3.63, 3.8) is 0 Å². The first-order valence-corrected chi connectivity index (χ1v) is 5.93. The van der Waals surface area contributed by atoms with Crippen molar-refractivity contribution in [3.05, 3.63) is 48.8 Å². The molecule has 0 amide bonds. The van der Waals surface area contributed by atoms with Gasteiger partial charge in [-0.15, -0.1) is 12.1 Å². The van der Waals surface area contributed by atoms with Gasteiger partial charge < -0.3 is 9.97 Å². The van der Waals surface area contributed by atoms with E-state index in [4.69, 9.17) is 0 Å². The van der Waals surface area contributed by atoms with Crippen LogP contribution >= 0.6 is 0 Å². The molecule has 0 N–H and O–H groups in total. The smallest absolute Gasteiger partial charge is 0.0161 e. The first-order chi connectivity index (χ1) is 7.95. The van der Waals surface area contributed by atoms with Gasteiger partial charge in [0, 0.05) is 6.20 Å². The van der Waals surface area contributed by atoms with Gasteiger partial charge in [-0.1, -0.05) is 29.8 Å². The molecule has 0 bridgehead atoms. The molecule has 79 valence electrons. The fourth-order valence-corrected chi connectivity index (χ4v) is 1.62. The van der Waals surface area contributed by atoms with Gasteiger partial charge in [-0.2, -0.15) is 0 Å². The SMILES string of the molecule is [CH2]=[Ru+].[c-]1ccnc2ccc3cccnc3c12. The number of aromatic nitrogens is 2. The molecule has 0 spiro atoms. The van der Waals surface area contributed by atoms with Gasteiger partial charge in [0.2, 0.25) is 0 Å². The van der Waals surface area contributed by atoms with Gasteiger partial charge in [0.05, 0.1) is 0 Å². The van der Waals surface area contributed by atoms with E-state index in [2.05, 4.69) is 39.0 Å². The Morgan fingerprint density at radius 3 is 2.81 bits per heavy atom. The third kappa shape index (κ3) is 1.91. The quantitative estimate of drug-likeness (QED) is 0.362. The van der Waals surface area contributed by atoms with E-state index in [1.54, 1.807) is 12.4 Å². The summed E-state index contributed by atoms with van der Waals surface area (Å²) in [6.07, 6.45) is 3.54. The molecule has 3 rings (SSSR count). The molecular formula is C13H9N2Ru. The van der Waals surface area contributed by atoms with E-state index in [1.807, 2.05) is 30.3 Å². The van der Waals surface area contributed by atoms with Crippen LogP contribution in [0.3, 0.4) is 0 Å². The molecule has 0 saturated heterocycles. The molecule has 0 radical (unpaired) electrons. The van der Waals surface area contributed by atoms with Crippen molar-refractivity contribution in [2.75, 3.05) is 0 Å². The van der Waals surface area contributed by atoms with E-state index in [0.29, 0.717) is 0 Å². The largest absolute Gasteiger partial charge is 0.352 e. The van der Waals surface area contributed by atoms with Gasteiger partial charge in [-0.25, -0.2) is 0 Å². The van der Waals surface area contributed by atoms with Crippen LogP contribution in [0, 0.1) is 6.07 Å². The summed E-state index contributed by atoms with van der Waals surface area (Å²) in [5.41, 5.74) is 1.91. The summed E-state index contributed by atoms with van der Waals surface area (Å²) in [4.78, 5) is 8.60. The van der Waals surface area contributed by atoms with E-state index in [-0.39, 0.29) is 0 Å². The number of pyridine rings is 2. The molecule has 2 aromatic heterocycles. The third-order valence-corrected chi connectivity index (χ3v) is 2.27. The Kier molecular flexibility index (Phi) is 3.48. The number of hydrogen-bond acceptors (Lipinski definition) is 2. The molecule has 0 aliphatic carbocycles. The van der Waals surface area contributed by atoms with Crippen molar-refractivity contribution < 1.29 is 17.9 Å². The number of benzene rings is 1. The molecular weight excluding hydrogens is 285 g/mol. The number of nitrogens with zero attached hydrogens (tertiary/aromatic N) is 2. The Morgan fingerprint density at radius 1 is 1.06 bits per heavy atom. The van der Waals surface area contributed by atoms with Crippen LogP contribution in [0.4, 0.5) is 0 Å². The van der Waals surface area contributed by atoms with Crippen molar-refractivity contribution in [3.8, 4) is 0 Å². The van der Waals surface area contributed by atoms with E-state index in [1.165, 1.54) is 0 Å². The zero-order chi connectivity index (χ0) is 11.4. The fourth-order valence-electron chi connectivity index (χ4n) is 1.62. The Bertz CT molecular complexity index is 567. The van der Waals surface area contributed by atoms with Crippen LogP contribution in [0.25, 0.3) is 21.8 Å². The molecule has 1 aromatic carbocycles. The maximum atomic E-state index is 4.34. The Morgan fingerprint density at radius 2 is 1.94 bits per heavy atom. The van der Waals surface area contributed by atoms with Crippen LogP contribution in [0.2, 0.25) is 0 Å². The van der Waals surface area contributed by atoms with Crippen LogP contribution in [0.15, 0.2) is 42.7 Å². The fraction of sp³-hybridized carbons (Fsp3) is 0. The van der Waals surface area contributed by atoms with E-state index < -0.39 is 0 Å². The molecule has 0 fully saturated rings. The Hall–Kier alpha value is -1.47. The van der Waals surface area contributed by atoms with Crippen LogP contribution < -0.4 is 0 Å². The Labute approximate surface area is 104 Å². The minimum Gasteiger partial charge on any atom is -0.352 e. The summed E-state index contributed by atoms with van der Waals surface area (Å²) in [5.74, 6) is 0. The molecule has 2 nitrogen and oxygen atoms in total. The van der Waals surface area contributed by atoms with E-state index >= 15 is 0 Å². The normalized spacial score (nSPS) is 9.75. The van der Waals surface area contributed by atoms with Crippen molar-refractivity contribution in [2.45, 2.75) is 0 Å². The standard InChI is InChI=1S/C12H7N2.CH2.Ru/c1-3-9-5-6-11-10(4-2-7-13-11)12(9)14-8-1;;/h1-3,5-8H;1H2;/q-1;;+1. The maximum Gasteiger partial charge on any atom is 0.0161 e. The molecule has 2 heterocycles. The molecule has 0 aliphatic rings. The van der Waals surface area contributed by atoms with Crippen LogP contribution in [0.5, 0.6) is 0 Å². The van der Waals surface area contributed by atoms with Gasteiger partial charge >= 0.3 is 23.0 Å². The minimum atomic E-state index is 0.943. The summed E-state index contributed by atoms with van der Waals surface area (Å²) in [6.45, 7) is 0. The van der Waals surface area contributed by atoms with E-state index in [9.17, 15) is 0 Å². The van der Waals surface area contributed by atoms with Crippen LogP contribution in [-0.2, 0) is 17.9 Å². The predicted molar refractivity (Wildman–Crippen MR) is 63.0 cm³/mol. The molecule has 0 aliphatic heterocycles. The summed E-state index contributed by atoms with van der Waals surface area (Å²) >= 11 is 2.10. The van der Waals surface area contributed by atoms with Gasteiger partial charge in [0.15, 0.2) is 0 Å². The average molecular weight is 294 g/mol. The van der Waals surface area contributed by atoms with Crippen molar-refractivity contribution >= 4 is 26.9 Å². The molecule has 0 atom stereocenters. The maximum absolute atomic E-state index is 4.34. The summed E-state index contributed by atoms with van der Waals surface area (Å²) in [7, 11) is 0. The monoisotopic (exact) mass is 295 g/mol. The molecule has 0 saturated carbocycles. The second-order valence-corrected chi connectivity index (χ2v) is 3.12. The van der Waals surface area contributed by atoms with Gasteiger partial charge in [-0.3, -0.25) is 0 Å². The average Bonchev–Trinajstić information content (AvgIpc) is 2.41. The van der Waals surface area contributed by atoms with Crippen molar-refractivity contribution in [2.24, 2.45) is 0 Å². The van der Waals surface area contributed by atoms with Crippen LogP contribution in [-0.4, -0.2) is 15.1 Å². The summed E-state index contributed by atoms with van der Waals surface area (Å²) in [5, 5.41) is 5.30. The number of rotatable bonds is 0. The molecule has 3 aromatic rings. The number of hydrogen-bond donors (Lipinski definition) is 0. The van der Waals surface area contributed by atoms with Gasteiger partial charge in [0.1, 0.15) is 0 Å². The first-order valence-electron chi connectivity index (χ1n) is 4.70. The minimum absolute atomic E-state index is 0.943. The topological polar surface area (TPSA) is 25.8 Å². The second kappa shape index (κ2) is 5.04. The number of fused-ring (bicyclic) bond motifs is 3. The molecule has 0 unspecified atom stereocenters. The zero-order valence-corrected chi connectivity index (χ0v) is 10.2. The second-order valence-electron chi connectivity index (χ2n) is 3.12. The van der Waals surface area contributed by atoms with Gasteiger partial charge in [-0.05, 0) is 22.5 Å². The molecule has 3 heteroatoms. The van der Waals surface area contributed by atoms with Gasteiger partial charge in [0.25, 0.3) is 0 Å². The first kappa shape index (κ1) is 11.0. The molecule has 16 heavy (non-hydrogen) atoms. The predicted octanol–water partition coefficient (Wildman–Crippen LogP) is 2.55. The third-order valence-electron chi connectivity index (χ3n) is 2.27. The Balaban J connectivity index is 0.000000457. The summed E-state index contributed by atoms with van der Waals surface area (Å²) in [6, 6.07) is 13.0. The van der Waals surface area contributed by atoms with Crippen LogP contribution in [0.1, 0.15) is 0 Å². The zero-order valence-electron chi connectivity index (χ0n) is 8.50. The van der Waals surface area contributed by atoms with E-state index in [0.717, 1.165) is 21.8 Å². The summed E-state index contributed by atoms with van der Waals surface area (Å²) < 4.78 is 0. The van der Waals surface area contributed by atoms with Crippen molar-refractivity contribution in [1.29, 1.82) is 0 Å².